The molecular formula is C13H22O2SSi. The van der Waals surface area contributed by atoms with Crippen molar-refractivity contribution in [2.75, 3.05) is 20.0 Å². The molecule has 0 aliphatic rings. The van der Waals surface area contributed by atoms with Gasteiger partial charge >= 0.3 is 8.56 Å². The molecule has 0 saturated carbocycles. The maximum atomic E-state index is 5.69. The maximum Gasteiger partial charge on any atom is 0.337 e. The summed E-state index contributed by atoms with van der Waals surface area (Å²) >= 11 is 4.26. The lowest BCUT2D eigenvalue weighted by atomic mass is 10.2. The predicted octanol–water partition coefficient (Wildman–Crippen LogP) is 3.28. The van der Waals surface area contributed by atoms with E-state index in [1.165, 1.54) is 5.56 Å². The van der Waals surface area contributed by atoms with Crippen molar-refractivity contribution in [3.8, 4) is 0 Å². The van der Waals surface area contributed by atoms with Crippen molar-refractivity contribution in [3.05, 3.63) is 35.9 Å². The summed E-state index contributed by atoms with van der Waals surface area (Å²) in [5.41, 5.74) is 1.35. The van der Waals surface area contributed by atoms with E-state index in [0.717, 1.165) is 30.7 Å². The second-order valence-electron chi connectivity index (χ2n) is 4.13. The van der Waals surface area contributed by atoms with Crippen LogP contribution in [0.2, 0.25) is 12.1 Å². The van der Waals surface area contributed by atoms with Gasteiger partial charge in [0.05, 0.1) is 0 Å². The molecule has 0 N–H and O–H groups in total. The summed E-state index contributed by atoms with van der Waals surface area (Å²) in [6.07, 6.45) is 2.09. The smallest absolute Gasteiger partial charge is 0.337 e. The first-order chi connectivity index (χ1) is 8.26. The fourth-order valence-corrected chi connectivity index (χ4v) is 5.02. The Morgan fingerprint density at radius 3 is 2.24 bits per heavy atom. The van der Waals surface area contributed by atoms with Gasteiger partial charge in [-0.3, -0.25) is 0 Å². The van der Waals surface area contributed by atoms with E-state index in [-0.39, 0.29) is 0 Å². The lowest BCUT2D eigenvalue weighted by Crippen LogP contribution is -2.40. The van der Waals surface area contributed by atoms with Gasteiger partial charge in [-0.1, -0.05) is 30.3 Å². The van der Waals surface area contributed by atoms with E-state index in [2.05, 4.69) is 36.9 Å². The van der Waals surface area contributed by atoms with Gasteiger partial charge in [0.25, 0.3) is 0 Å². The molecular weight excluding hydrogens is 248 g/mol. The van der Waals surface area contributed by atoms with Crippen molar-refractivity contribution in [2.45, 2.75) is 24.9 Å². The quantitative estimate of drug-likeness (QED) is 0.577. The van der Waals surface area contributed by atoms with Gasteiger partial charge in [0.1, 0.15) is 0 Å². The van der Waals surface area contributed by atoms with E-state index in [0.29, 0.717) is 0 Å². The molecule has 0 heterocycles. The highest BCUT2D eigenvalue weighted by Gasteiger charge is 2.34. The number of aryl methyl sites for hydroxylation is 1. The van der Waals surface area contributed by atoms with Crippen LogP contribution < -0.4 is 0 Å². The Bertz CT molecular complexity index is 302. The van der Waals surface area contributed by atoms with Gasteiger partial charge in [0.2, 0.25) is 0 Å². The summed E-state index contributed by atoms with van der Waals surface area (Å²) in [4.78, 5) is 0. The SMILES string of the molecule is CO[Si](CCCS)(CCc1ccccc1)OC. The van der Waals surface area contributed by atoms with Gasteiger partial charge in [0.15, 0.2) is 0 Å². The summed E-state index contributed by atoms with van der Waals surface area (Å²) in [5, 5.41) is 0. The lowest BCUT2D eigenvalue weighted by Gasteiger charge is -2.27. The highest BCUT2D eigenvalue weighted by molar-refractivity contribution is 7.80. The molecule has 0 unspecified atom stereocenters. The molecule has 0 aliphatic carbocycles. The third-order valence-electron chi connectivity index (χ3n) is 3.10. The summed E-state index contributed by atoms with van der Waals surface area (Å²) in [6.45, 7) is 0. The molecule has 96 valence electrons. The number of benzene rings is 1. The molecule has 17 heavy (non-hydrogen) atoms. The van der Waals surface area contributed by atoms with Crippen molar-refractivity contribution in [3.63, 3.8) is 0 Å². The minimum Gasteiger partial charge on any atom is -0.398 e. The Labute approximate surface area is 111 Å². The molecule has 0 aromatic heterocycles. The third kappa shape index (κ3) is 4.83. The van der Waals surface area contributed by atoms with Crippen molar-refractivity contribution < 1.29 is 8.85 Å². The first-order valence-electron chi connectivity index (χ1n) is 6.01. The standard InChI is InChI=1S/C13H22O2SSi/c1-14-17(15-2,11-6-10-16)12-9-13-7-4-3-5-8-13/h3-5,7-8,16H,6,9-12H2,1-2H3. The molecule has 0 aliphatic heterocycles. The van der Waals surface area contributed by atoms with Crippen LogP contribution in [0.25, 0.3) is 0 Å². The molecule has 1 aromatic carbocycles. The first-order valence-corrected chi connectivity index (χ1v) is 8.88. The maximum absolute atomic E-state index is 5.69. The molecule has 0 spiro atoms. The zero-order valence-electron chi connectivity index (χ0n) is 10.7. The lowest BCUT2D eigenvalue weighted by molar-refractivity contribution is 0.241. The first kappa shape index (κ1) is 14.8. The summed E-state index contributed by atoms with van der Waals surface area (Å²) in [5.74, 6) is 0.896. The molecule has 0 amide bonds. The zero-order valence-corrected chi connectivity index (χ0v) is 12.6. The highest BCUT2D eigenvalue weighted by Crippen LogP contribution is 2.22. The van der Waals surface area contributed by atoms with Crippen LogP contribution >= 0.6 is 12.6 Å². The fraction of sp³-hybridized carbons (Fsp3) is 0.538. The second-order valence-corrected chi connectivity index (χ2v) is 8.22. The number of thiol groups is 1. The molecule has 1 rings (SSSR count). The Balaban J connectivity index is 2.54. The molecule has 2 nitrogen and oxygen atoms in total. The van der Waals surface area contributed by atoms with Crippen LogP contribution in [-0.4, -0.2) is 28.5 Å². The summed E-state index contributed by atoms with van der Waals surface area (Å²) in [6, 6.07) is 12.5. The van der Waals surface area contributed by atoms with Crippen LogP contribution in [0, 0.1) is 0 Å². The van der Waals surface area contributed by atoms with Crippen LogP contribution in [0.1, 0.15) is 12.0 Å². The van der Waals surface area contributed by atoms with E-state index < -0.39 is 8.56 Å². The van der Waals surface area contributed by atoms with Gasteiger partial charge < -0.3 is 8.85 Å². The van der Waals surface area contributed by atoms with E-state index >= 15 is 0 Å². The normalized spacial score (nSPS) is 11.7. The average Bonchev–Trinajstić information content (AvgIpc) is 2.41. The van der Waals surface area contributed by atoms with Crippen molar-refractivity contribution in [2.24, 2.45) is 0 Å². The highest BCUT2D eigenvalue weighted by atomic mass is 32.1. The topological polar surface area (TPSA) is 18.5 Å². The molecule has 1 aromatic rings. The van der Waals surface area contributed by atoms with Crippen LogP contribution in [-0.2, 0) is 15.3 Å². The van der Waals surface area contributed by atoms with E-state index in [4.69, 9.17) is 8.85 Å². The van der Waals surface area contributed by atoms with Gasteiger partial charge in [-0.15, -0.1) is 0 Å². The molecule has 0 saturated heterocycles. The fourth-order valence-electron chi connectivity index (χ4n) is 1.94. The number of hydrogen-bond donors (Lipinski definition) is 1. The molecule has 0 radical (unpaired) electrons. The zero-order chi connectivity index (χ0) is 12.6. The molecule has 0 fully saturated rings. The average molecular weight is 270 g/mol. The van der Waals surface area contributed by atoms with Gasteiger partial charge in [-0.25, -0.2) is 0 Å². The van der Waals surface area contributed by atoms with E-state index in [1.807, 2.05) is 6.07 Å². The third-order valence-corrected chi connectivity index (χ3v) is 7.03. The van der Waals surface area contributed by atoms with Gasteiger partial charge in [0, 0.05) is 14.2 Å². The van der Waals surface area contributed by atoms with Gasteiger partial charge in [-0.05, 0) is 36.2 Å². The Kier molecular flexibility index (Phi) is 6.88. The Morgan fingerprint density at radius 2 is 1.71 bits per heavy atom. The monoisotopic (exact) mass is 270 g/mol. The van der Waals surface area contributed by atoms with Crippen LogP contribution in [0.4, 0.5) is 0 Å². The van der Waals surface area contributed by atoms with Crippen molar-refractivity contribution >= 4 is 21.2 Å². The van der Waals surface area contributed by atoms with Gasteiger partial charge in [-0.2, -0.15) is 12.6 Å². The van der Waals surface area contributed by atoms with E-state index in [1.54, 1.807) is 14.2 Å². The van der Waals surface area contributed by atoms with Crippen LogP contribution in [0.3, 0.4) is 0 Å². The van der Waals surface area contributed by atoms with Crippen LogP contribution in [0.5, 0.6) is 0 Å². The summed E-state index contributed by atoms with van der Waals surface area (Å²) < 4.78 is 11.4. The molecule has 0 bridgehead atoms. The molecule has 0 atom stereocenters. The Hall–Kier alpha value is -0.293. The van der Waals surface area contributed by atoms with Crippen molar-refractivity contribution in [1.29, 1.82) is 0 Å². The number of rotatable bonds is 8. The largest absolute Gasteiger partial charge is 0.398 e. The van der Waals surface area contributed by atoms with Crippen LogP contribution in [0.15, 0.2) is 30.3 Å². The minimum absolute atomic E-state index is 0.896. The Morgan fingerprint density at radius 1 is 1.06 bits per heavy atom. The summed E-state index contributed by atoms with van der Waals surface area (Å²) in [7, 11) is 1.56. The molecule has 4 heteroatoms. The second kappa shape index (κ2) is 7.92. The number of hydrogen-bond acceptors (Lipinski definition) is 3. The predicted molar refractivity (Wildman–Crippen MR) is 78.0 cm³/mol. The van der Waals surface area contributed by atoms with Crippen molar-refractivity contribution in [1.82, 2.24) is 0 Å². The minimum atomic E-state index is -2.00. The van der Waals surface area contributed by atoms with E-state index in [9.17, 15) is 0 Å².